The first-order chi connectivity index (χ1) is 13.0. The van der Waals surface area contributed by atoms with E-state index in [1.54, 1.807) is 12.1 Å². The lowest BCUT2D eigenvalue weighted by atomic mass is 10.0. The number of carbonyl (C=O) groups is 2. The van der Waals surface area contributed by atoms with Gasteiger partial charge in [-0.1, -0.05) is 23.7 Å². The summed E-state index contributed by atoms with van der Waals surface area (Å²) in [7, 11) is 0. The van der Waals surface area contributed by atoms with E-state index in [9.17, 15) is 9.59 Å². The second-order valence-corrected chi connectivity index (χ2v) is 7.92. The molecule has 0 radical (unpaired) electrons. The van der Waals surface area contributed by atoms with Gasteiger partial charge in [0.15, 0.2) is 0 Å². The zero-order valence-corrected chi connectivity index (χ0v) is 16.7. The smallest absolute Gasteiger partial charge is 0.238 e. The Balaban J connectivity index is 1.40. The van der Waals surface area contributed by atoms with Crippen LogP contribution in [-0.4, -0.2) is 78.4 Å². The van der Waals surface area contributed by atoms with E-state index in [4.69, 9.17) is 11.6 Å². The van der Waals surface area contributed by atoms with Gasteiger partial charge in [0.1, 0.15) is 0 Å². The fourth-order valence-electron chi connectivity index (χ4n) is 3.81. The number of carbonyl (C=O) groups excluding carboxylic acids is 2. The molecule has 1 N–H and O–H groups in total. The maximum absolute atomic E-state index is 12.6. The largest absolute Gasteiger partial charge is 0.339 e. The van der Waals surface area contributed by atoms with Gasteiger partial charge in [0.05, 0.1) is 23.8 Å². The van der Waals surface area contributed by atoms with Gasteiger partial charge in [0.2, 0.25) is 11.8 Å². The zero-order valence-electron chi connectivity index (χ0n) is 16.0. The maximum atomic E-state index is 12.6. The quantitative estimate of drug-likeness (QED) is 0.835. The lowest BCUT2D eigenvalue weighted by molar-refractivity contribution is -0.136. The third kappa shape index (κ3) is 5.67. The normalized spacial score (nSPS) is 21.9. The molecule has 0 saturated carbocycles. The van der Waals surface area contributed by atoms with Gasteiger partial charge in [-0.2, -0.15) is 0 Å². The number of benzene rings is 1. The molecule has 2 amide bonds. The third-order valence-corrected chi connectivity index (χ3v) is 5.79. The van der Waals surface area contributed by atoms with Gasteiger partial charge >= 0.3 is 0 Å². The van der Waals surface area contributed by atoms with Crippen LogP contribution in [0.1, 0.15) is 26.2 Å². The highest BCUT2D eigenvalue weighted by Gasteiger charge is 2.26. The van der Waals surface area contributed by atoms with Crippen molar-refractivity contribution in [3.8, 4) is 0 Å². The van der Waals surface area contributed by atoms with Gasteiger partial charge in [0.25, 0.3) is 0 Å². The van der Waals surface area contributed by atoms with Crippen LogP contribution in [0, 0.1) is 0 Å². The van der Waals surface area contributed by atoms with Crippen LogP contribution in [0.4, 0.5) is 5.69 Å². The molecule has 0 bridgehead atoms. The van der Waals surface area contributed by atoms with E-state index in [1.165, 1.54) is 6.42 Å². The summed E-state index contributed by atoms with van der Waals surface area (Å²) < 4.78 is 0. The van der Waals surface area contributed by atoms with Crippen molar-refractivity contribution in [2.75, 3.05) is 51.1 Å². The number of piperidine rings is 1. The molecule has 3 rings (SSSR count). The molecular formula is C20H29ClN4O2. The van der Waals surface area contributed by atoms with E-state index in [0.717, 1.165) is 45.6 Å². The Labute approximate surface area is 166 Å². The van der Waals surface area contributed by atoms with Crippen LogP contribution in [-0.2, 0) is 9.59 Å². The van der Waals surface area contributed by atoms with Crippen LogP contribution >= 0.6 is 11.6 Å². The van der Waals surface area contributed by atoms with Crippen molar-refractivity contribution < 1.29 is 9.59 Å². The highest BCUT2D eigenvalue weighted by atomic mass is 35.5. The number of hydrogen-bond acceptors (Lipinski definition) is 4. The maximum Gasteiger partial charge on any atom is 0.238 e. The van der Waals surface area contributed by atoms with Crippen molar-refractivity contribution in [2.45, 2.75) is 32.2 Å². The number of piperazine rings is 1. The molecule has 148 valence electrons. The summed E-state index contributed by atoms with van der Waals surface area (Å²) in [6.45, 7) is 7.08. The van der Waals surface area contributed by atoms with Crippen LogP contribution in [0.3, 0.4) is 0 Å². The van der Waals surface area contributed by atoms with Gasteiger partial charge in [-0.15, -0.1) is 0 Å². The molecule has 2 heterocycles. The molecule has 1 aromatic carbocycles. The molecule has 2 saturated heterocycles. The van der Waals surface area contributed by atoms with E-state index in [-0.39, 0.29) is 11.8 Å². The molecule has 1 aromatic rings. The molecule has 0 aliphatic carbocycles. The van der Waals surface area contributed by atoms with Crippen molar-refractivity contribution in [3.05, 3.63) is 29.3 Å². The first-order valence-corrected chi connectivity index (χ1v) is 10.2. The number of halogens is 1. The molecule has 2 aliphatic heterocycles. The summed E-state index contributed by atoms with van der Waals surface area (Å²) in [6, 6.07) is 7.60. The van der Waals surface area contributed by atoms with E-state index < -0.39 is 0 Å². The van der Waals surface area contributed by atoms with Crippen LogP contribution < -0.4 is 5.32 Å². The predicted molar refractivity (Wildman–Crippen MR) is 108 cm³/mol. The highest BCUT2D eigenvalue weighted by Crippen LogP contribution is 2.20. The van der Waals surface area contributed by atoms with Crippen LogP contribution in [0.25, 0.3) is 0 Å². The molecule has 7 heteroatoms. The van der Waals surface area contributed by atoms with Crippen molar-refractivity contribution in [2.24, 2.45) is 0 Å². The van der Waals surface area contributed by atoms with Crippen LogP contribution in [0.5, 0.6) is 0 Å². The molecular weight excluding hydrogens is 364 g/mol. The first-order valence-electron chi connectivity index (χ1n) is 9.81. The van der Waals surface area contributed by atoms with Crippen molar-refractivity contribution in [3.63, 3.8) is 0 Å². The minimum atomic E-state index is -0.0604. The minimum absolute atomic E-state index is 0.0604. The monoisotopic (exact) mass is 392 g/mol. The van der Waals surface area contributed by atoms with E-state index >= 15 is 0 Å². The predicted octanol–water partition coefficient (Wildman–Crippen LogP) is 2.30. The number of rotatable bonds is 5. The van der Waals surface area contributed by atoms with Gasteiger partial charge in [-0.3, -0.25) is 19.4 Å². The lowest BCUT2D eigenvalue weighted by Crippen LogP contribution is -2.53. The topological polar surface area (TPSA) is 55.9 Å². The van der Waals surface area contributed by atoms with E-state index in [2.05, 4.69) is 22.0 Å². The van der Waals surface area contributed by atoms with Crippen molar-refractivity contribution in [1.82, 2.24) is 14.7 Å². The summed E-state index contributed by atoms with van der Waals surface area (Å²) in [5.41, 5.74) is 0.643. The number of likely N-dealkylation sites (tertiary alicyclic amines) is 1. The Hall–Kier alpha value is -1.63. The molecule has 1 unspecified atom stereocenters. The number of hydrogen-bond donors (Lipinski definition) is 1. The average molecular weight is 393 g/mol. The zero-order chi connectivity index (χ0) is 19.2. The van der Waals surface area contributed by atoms with Crippen LogP contribution in [0.2, 0.25) is 5.02 Å². The summed E-state index contributed by atoms with van der Waals surface area (Å²) >= 11 is 6.08. The molecule has 2 aliphatic rings. The van der Waals surface area contributed by atoms with E-state index in [0.29, 0.717) is 29.8 Å². The Morgan fingerprint density at radius 3 is 2.37 bits per heavy atom. The third-order valence-electron chi connectivity index (χ3n) is 5.46. The van der Waals surface area contributed by atoms with E-state index in [1.807, 2.05) is 17.0 Å². The van der Waals surface area contributed by atoms with Gasteiger partial charge in [-0.25, -0.2) is 0 Å². The SMILES string of the molecule is CC1CCCCN1C(=O)CN1CCN(CC(=O)Nc2ccccc2Cl)CC1. The molecule has 2 fully saturated rings. The van der Waals surface area contributed by atoms with Gasteiger partial charge in [-0.05, 0) is 38.3 Å². The number of amides is 2. The molecule has 0 aromatic heterocycles. The number of nitrogens with one attached hydrogen (secondary N) is 1. The Bertz CT molecular complexity index is 661. The van der Waals surface area contributed by atoms with Crippen molar-refractivity contribution in [1.29, 1.82) is 0 Å². The van der Waals surface area contributed by atoms with Crippen molar-refractivity contribution >= 4 is 29.1 Å². The number of para-hydroxylation sites is 1. The summed E-state index contributed by atoms with van der Waals surface area (Å²) in [5, 5.41) is 3.40. The molecule has 0 spiro atoms. The molecule has 27 heavy (non-hydrogen) atoms. The van der Waals surface area contributed by atoms with Gasteiger partial charge in [0, 0.05) is 38.8 Å². The summed E-state index contributed by atoms with van der Waals surface area (Å²) in [4.78, 5) is 31.2. The summed E-state index contributed by atoms with van der Waals surface area (Å²) in [6.07, 6.45) is 3.45. The Morgan fingerprint density at radius 2 is 1.70 bits per heavy atom. The number of anilines is 1. The molecule has 1 atom stereocenters. The second kappa shape index (κ2) is 9.53. The fraction of sp³-hybridized carbons (Fsp3) is 0.600. The van der Waals surface area contributed by atoms with Gasteiger partial charge < -0.3 is 10.2 Å². The average Bonchev–Trinajstić information content (AvgIpc) is 2.65. The Kier molecular flexibility index (Phi) is 7.10. The highest BCUT2D eigenvalue weighted by molar-refractivity contribution is 6.33. The number of nitrogens with zero attached hydrogens (tertiary/aromatic N) is 3. The Morgan fingerprint density at radius 1 is 1.04 bits per heavy atom. The lowest BCUT2D eigenvalue weighted by Gasteiger charge is -2.37. The fourth-order valence-corrected chi connectivity index (χ4v) is 3.99. The summed E-state index contributed by atoms with van der Waals surface area (Å²) in [5.74, 6) is 0.182. The standard InChI is InChI=1S/C20H29ClN4O2/c1-16-6-4-5-9-25(16)20(27)15-24-12-10-23(11-13-24)14-19(26)22-18-8-3-2-7-17(18)21/h2-3,7-8,16H,4-6,9-15H2,1H3,(H,22,26). The first kappa shape index (κ1) is 20.1. The second-order valence-electron chi connectivity index (χ2n) is 7.51. The minimum Gasteiger partial charge on any atom is -0.339 e. The van der Waals surface area contributed by atoms with Crippen LogP contribution in [0.15, 0.2) is 24.3 Å². The molecule has 6 nitrogen and oxygen atoms in total.